The van der Waals surface area contributed by atoms with Gasteiger partial charge < -0.3 is 4.18 Å². The lowest BCUT2D eigenvalue weighted by atomic mass is 10.2. The van der Waals surface area contributed by atoms with E-state index in [1.165, 1.54) is 6.08 Å². The van der Waals surface area contributed by atoms with Crippen LogP contribution in [0.2, 0.25) is 0 Å². The second kappa shape index (κ2) is 3.45. The van der Waals surface area contributed by atoms with Gasteiger partial charge >= 0.3 is 15.6 Å². The van der Waals surface area contributed by atoms with Gasteiger partial charge in [-0.2, -0.15) is 21.6 Å². The first-order chi connectivity index (χ1) is 6.22. The van der Waals surface area contributed by atoms with Crippen molar-refractivity contribution in [2.45, 2.75) is 25.3 Å². The van der Waals surface area contributed by atoms with E-state index in [9.17, 15) is 21.6 Å². The van der Waals surface area contributed by atoms with Gasteiger partial charge in [-0.15, -0.1) is 0 Å². The molecule has 0 spiro atoms. The van der Waals surface area contributed by atoms with Crippen molar-refractivity contribution in [3.05, 3.63) is 11.8 Å². The average Bonchev–Trinajstić information content (AvgIpc) is 2.31. The lowest BCUT2D eigenvalue weighted by Crippen LogP contribution is -2.25. The predicted octanol–water partition coefficient (Wildman–Crippen LogP) is 2.17. The van der Waals surface area contributed by atoms with Crippen LogP contribution in [0.25, 0.3) is 0 Å². The van der Waals surface area contributed by atoms with Gasteiger partial charge in [0.2, 0.25) is 0 Å². The van der Waals surface area contributed by atoms with Gasteiger partial charge in [0, 0.05) is 6.42 Å². The number of hydrogen-bond donors (Lipinski definition) is 0. The first kappa shape index (κ1) is 11.4. The van der Waals surface area contributed by atoms with E-state index in [4.69, 9.17) is 0 Å². The highest BCUT2D eigenvalue weighted by Crippen LogP contribution is 2.31. The Morgan fingerprint density at radius 2 is 2.07 bits per heavy atom. The number of allylic oxidation sites excluding steroid dienone is 2. The zero-order chi connectivity index (χ0) is 11.0. The Hall–Kier alpha value is -0.720. The van der Waals surface area contributed by atoms with Crippen molar-refractivity contribution < 1.29 is 25.8 Å². The van der Waals surface area contributed by atoms with Gasteiger partial charge in [-0.3, -0.25) is 0 Å². The molecule has 82 valence electrons. The highest BCUT2D eigenvalue weighted by molar-refractivity contribution is 7.87. The normalized spacial score (nSPS) is 23.4. The Labute approximate surface area is 79.7 Å². The Morgan fingerprint density at radius 1 is 1.50 bits per heavy atom. The minimum atomic E-state index is -5.47. The highest BCUT2D eigenvalue weighted by Gasteiger charge is 2.49. The van der Waals surface area contributed by atoms with Gasteiger partial charge in [-0.25, -0.2) is 0 Å². The van der Waals surface area contributed by atoms with E-state index in [-0.39, 0.29) is 18.1 Å². The van der Waals surface area contributed by atoms with Crippen molar-refractivity contribution in [2.75, 3.05) is 0 Å². The van der Waals surface area contributed by atoms with Gasteiger partial charge in [0.1, 0.15) is 5.76 Å². The van der Waals surface area contributed by atoms with E-state index in [0.717, 1.165) is 0 Å². The fraction of sp³-hybridized carbons (Fsp3) is 0.714. The van der Waals surface area contributed by atoms with E-state index in [2.05, 4.69) is 4.18 Å². The van der Waals surface area contributed by atoms with Crippen LogP contribution in [0.15, 0.2) is 11.8 Å². The van der Waals surface area contributed by atoms with Gasteiger partial charge in [0.05, 0.1) is 0 Å². The topological polar surface area (TPSA) is 43.4 Å². The molecule has 0 N–H and O–H groups in total. The van der Waals surface area contributed by atoms with Crippen LogP contribution in [0.3, 0.4) is 0 Å². The number of rotatable bonds is 2. The third kappa shape index (κ3) is 2.40. The van der Waals surface area contributed by atoms with E-state index >= 15 is 0 Å². The van der Waals surface area contributed by atoms with Crippen molar-refractivity contribution in [1.82, 2.24) is 0 Å². The first-order valence-corrected chi connectivity index (χ1v) is 5.34. The minimum absolute atomic E-state index is 0.0634. The number of hydrogen-bond acceptors (Lipinski definition) is 3. The molecular formula is C7H9F3O3S. The molecule has 0 radical (unpaired) electrons. The molecule has 14 heavy (non-hydrogen) atoms. The fourth-order valence-electron chi connectivity index (χ4n) is 1.11. The van der Waals surface area contributed by atoms with Crippen molar-refractivity contribution in [1.29, 1.82) is 0 Å². The maximum absolute atomic E-state index is 11.8. The molecule has 1 rings (SSSR count). The van der Waals surface area contributed by atoms with Gasteiger partial charge in [0.25, 0.3) is 0 Å². The van der Waals surface area contributed by atoms with E-state index < -0.39 is 15.6 Å². The molecule has 0 aliphatic heterocycles. The molecule has 1 atom stereocenters. The summed E-state index contributed by atoms with van der Waals surface area (Å²) in [6.07, 6.45) is 2.24. The van der Waals surface area contributed by atoms with Crippen molar-refractivity contribution >= 4 is 10.1 Å². The maximum atomic E-state index is 11.8. The zero-order valence-corrected chi connectivity index (χ0v) is 8.15. The summed E-state index contributed by atoms with van der Waals surface area (Å²) in [4.78, 5) is 0. The smallest absolute Gasteiger partial charge is 0.381 e. The monoisotopic (exact) mass is 230 g/mol. The van der Waals surface area contributed by atoms with Crippen LogP contribution in [-0.4, -0.2) is 13.9 Å². The quantitative estimate of drug-likeness (QED) is 0.539. The summed E-state index contributed by atoms with van der Waals surface area (Å²) in [6.45, 7) is 1.77. The van der Waals surface area contributed by atoms with E-state index in [1.807, 2.05) is 0 Å². The molecule has 7 heteroatoms. The molecule has 0 saturated heterocycles. The van der Waals surface area contributed by atoms with Gasteiger partial charge in [-0.05, 0) is 18.4 Å². The molecule has 3 nitrogen and oxygen atoms in total. The van der Waals surface area contributed by atoms with Crippen molar-refractivity contribution in [2.24, 2.45) is 5.92 Å². The molecule has 0 fully saturated rings. The summed E-state index contributed by atoms with van der Waals surface area (Å²) < 4.78 is 60.5. The van der Waals surface area contributed by atoms with Crippen LogP contribution in [-0.2, 0) is 14.3 Å². The predicted molar refractivity (Wildman–Crippen MR) is 42.5 cm³/mol. The van der Waals surface area contributed by atoms with E-state index in [1.54, 1.807) is 6.92 Å². The van der Waals surface area contributed by atoms with Crippen molar-refractivity contribution in [3.63, 3.8) is 0 Å². The van der Waals surface area contributed by atoms with Crippen LogP contribution >= 0.6 is 0 Å². The molecule has 1 aliphatic carbocycles. The number of halogens is 3. The summed E-state index contributed by atoms with van der Waals surface area (Å²) in [6, 6.07) is 0. The lowest BCUT2D eigenvalue weighted by Gasteiger charge is -2.09. The molecule has 0 bridgehead atoms. The summed E-state index contributed by atoms with van der Waals surface area (Å²) in [7, 11) is -5.47. The fourth-order valence-corrected chi connectivity index (χ4v) is 1.63. The Morgan fingerprint density at radius 3 is 2.43 bits per heavy atom. The molecule has 0 heterocycles. The number of alkyl halides is 3. The largest absolute Gasteiger partial charge is 0.534 e. The van der Waals surface area contributed by atoms with Crippen molar-refractivity contribution in [3.8, 4) is 0 Å². The van der Waals surface area contributed by atoms with Gasteiger partial charge in [-0.1, -0.05) is 6.92 Å². The van der Waals surface area contributed by atoms with E-state index in [0.29, 0.717) is 6.42 Å². The minimum Gasteiger partial charge on any atom is -0.381 e. The standard InChI is InChI=1S/C7H9F3O3S/c1-5-2-3-6(4-5)13-14(11,12)7(8,9)10/h4-5H,2-3H2,1H3. The molecule has 1 unspecified atom stereocenters. The lowest BCUT2D eigenvalue weighted by molar-refractivity contribution is -0.0522. The second-order valence-electron chi connectivity index (χ2n) is 3.13. The molecule has 1 aliphatic rings. The summed E-state index contributed by atoms with van der Waals surface area (Å²) in [5, 5.41) is 0. The molecule has 0 aromatic rings. The van der Waals surface area contributed by atoms with Crippen LogP contribution < -0.4 is 0 Å². The zero-order valence-electron chi connectivity index (χ0n) is 7.34. The summed E-state index contributed by atoms with van der Waals surface area (Å²) >= 11 is 0. The Balaban J connectivity index is 2.75. The average molecular weight is 230 g/mol. The highest BCUT2D eigenvalue weighted by atomic mass is 32.2. The molecule has 0 amide bonds. The summed E-state index contributed by atoms with van der Waals surface area (Å²) in [5.74, 6) is -0.0525. The third-order valence-electron chi connectivity index (χ3n) is 1.82. The first-order valence-electron chi connectivity index (χ1n) is 3.94. The Bertz CT molecular complexity index is 342. The van der Waals surface area contributed by atoms with Crippen LogP contribution in [0, 0.1) is 5.92 Å². The molecule has 0 aromatic heterocycles. The van der Waals surface area contributed by atoms with Crippen LogP contribution in [0.1, 0.15) is 19.8 Å². The molecule has 0 aromatic carbocycles. The molecule has 0 saturated carbocycles. The maximum Gasteiger partial charge on any atom is 0.534 e. The van der Waals surface area contributed by atoms with Crippen LogP contribution in [0.5, 0.6) is 0 Å². The third-order valence-corrected chi connectivity index (χ3v) is 2.82. The van der Waals surface area contributed by atoms with Crippen LogP contribution in [0.4, 0.5) is 13.2 Å². The molecular weight excluding hydrogens is 221 g/mol. The van der Waals surface area contributed by atoms with Gasteiger partial charge in [0.15, 0.2) is 0 Å². The SMILES string of the molecule is CC1C=C(OS(=O)(=O)C(F)(F)F)CC1. The second-order valence-corrected chi connectivity index (χ2v) is 4.67. The summed E-state index contributed by atoms with van der Waals surface area (Å²) in [5.41, 5.74) is -5.35. The Kier molecular flexibility index (Phi) is 2.80.